The van der Waals surface area contributed by atoms with Gasteiger partial charge in [-0.2, -0.15) is 0 Å². The maximum absolute atomic E-state index is 12.4. The van der Waals surface area contributed by atoms with Crippen molar-refractivity contribution in [3.63, 3.8) is 0 Å². The van der Waals surface area contributed by atoms with Gasteiger partial charge in [0.15, 0.2) is 11.0 Å². The third kappa shape index (κ3) is 5.70. The Bertz CT molecular complexity index is 1010. The van der Waals surface area contributed by atoms with E-state index < -0.39 is 0 Å². The number of rotatable bonds is 8. The average molecular weight is 488 g/mol. The van der Waals surface area contributed by atoms with Crippen LogP contribution in [0.2, 0.25) is 0 Å². The number of anilines is 1. The van der Waals surface area contributed by atoms with Crippen LogP contribution in [0.4, 0.5) is 5.69 Å². The maximum atomic E-state index is 12.4. The van der Waals surface area contributed by atoms with E-state index in [9.17, 15) is 9.59 Å². The number of carbonyl (C=O) groups excluding carboxylic acids is 2. The van der Waals surface area contributed by atoms with Crippen molar-refractivity contribution in [2.45, 2.75) is 31.6 Å². The summed E-state index contributed by atoms with van der Waals surface area (Å²) in [6.45, 7) is 4.47. The highest BCUT2D eigenvalue weighted by molar-refractivity contribution is 9.10. The second-order valence-corrected chi connectivity index (χ2v) is 8.35. The number of amides is 2. The summed E-state index contributed by atoms with van der Waals surface area (Å²) < 4.78 is 2.86. The third-order valence-electron chi connectivity index (χ3n) is 4.29. The summed E-state index contributed by atoms with van der Waals surface area (Å²) in [5, 5.41) is 14.9. The van der Waals surface area contributed by atoms with Gasteiger partial charge in [0.2, 0.25) is 5.91 Å². The molecule has 0 spiro atoms. The number of carbonyl (C=O) groups is 2. The van der Waals surface area contributed by atoms with Gasteiger partial charge in [0.25, 0.3) is 5.91 Å². The molecule has 0 unspecified atom stereocenters. The van der Waals surface area contributed by atoms with Crippen molar-refractivity contribution in [2.75, 3.05) is 11.1 Å². The van der Waals surface area contributed by atoms with E-state index >= 15 is 0 Å². The Morgan fingerprint density at radius 1 is 1.10 bits per heavy atom. The Morgan fingerprint density at radius 3 is 2.47 bits per heavy atom. The molecule has 156 valence electrons. The lowest BCUT2D eigenvalue weighted by molar-refractivity contribution is -0.113. The van der Waals surface area contributed by atoms with Crippen LogP contribution in [0.1, 0.15) is 36.1 Å². The molecule has 1 heterocycles. The average Bonchev–Trinajstić information content (AvgIpc) is 3.17. The van der Waals surface area contributed by atoms with Gasteiger partial charge in [0, 0.05) is 22.3 Å². The fraction of sp³-hybridized carbons (Fsp3) is 0.238. The second kappa shape index (κ2) is 10.4. The number of hydrogen-bond acceptors (Lipinski definition) is 5. The number of nitrogens with zero attached hydrogens (tertiary/aromatic N) is 3. The van der Waals surface area contributed by atoms with Crippen molar-refractivity contribution in [1.29, 1.82) is 0 Å². The molecule has 2 N–H and O–H groups in total. The van der Waals surface area contributed by atoms with Gasteiger partial charge in [-0.1, -0.05) is 45.9 Å². The van der Waals surface area contributed by atoms with Crippen LogP contribution in [0.5, 0.6) is 0 Å². The molecule has 0 aliphatic carbocycles. The Morgan fingerprint density at radius 2 is 1.80 bits per heavy atom. The van der Waals surface area contributed by atoms with Gasteiger partial charge in [-0.15, -0.1) is 10.2 Å². The summed E-state index contributed by atoms with van der Waals surface area (Å²) in [5.41, 5.74) is 1.32. The summed E-state index contributed by atoms with van der Waals surface area (Å²) in [5.74, 6) is 0.563. The first-order chi connectivity index (χ1) is 14.5. The second-order valence-electron chi connectivity index (χ2n) is 6.49. The number of aromatic nitrogens is 3. The van der Waals surface area contributed by atoms with E-state index in [-0.39, 0.29) is 23.6 Å². The molecule has 0 aliphatic rings. The predicted molar refractivity (Wildman–Crippen MR) is 122 cm³/mol. The highest BCUT2D eigenvalue weighted by atomic mass is 79.9. The summed E-state index contributed by atoms with van der Waals surface area (Å²) in [4.78, 5) is 24.7. The summed E-state index contributed by atoms with van der Waals surface area (Å²) in [6, 6.07) is 16.1. The standard InChI is InChI=1S/C21H22BrN5O2S/c1-3-27-19(14(2)23-20(29)15-7-5-4-6-8-15)25-26-21(27)30-13-18(28)24-17-11-9-16(22)10-12-17/h4-12,14H,3,13H2,1-2H3,(H,23,29)(H,24,28)/t14-/m0/s1. The van der Waals surface area contributed by atoms with Crippen LogP contribution in [-0.2, 0) is 11.3 Å². The summed E-state index contributed by atoms with van der Waals surface area (Å²) in [7, 11) is 0. The lowest BCUT2D eigenvalue weighted by Gasteiger charge is -2.15. The SMILES string of the molecule is CCn1c(SCC(=O)Nc2ccc(Br)cc2)nnc1[C@H](C)NC(=O)c1ccccc1. The third-order valence-corrected chi connectivity index (χ3v) is 5.79. The van der Waals surface area contributed by atoms with E-state index in [4.69, 9.17) is 0 Å². The Balaban J connectivity index is 1.61. The zero-order chi connectivity index (χ0) is 21.5. The molecule has 0 saturated heterocycles. The first-order valence-electron chi connectivity index (χ1n) is 9.45. The zero-order valence-electron chi connectivity index (χ0n) is 16.6. The molecule has 0 saturated carbocycles. The van der Waals surface area contributed by atoms with E-state index in [2.05, 4.69) is 36.8 Å². The van der Waals surface area contributed by atoms with Crippen LogP contribution in [0.25, 0.3) is 0 Å². The first kappa shape index (κ1) is 22.0. The van der Waals surface area contributed by atoms with E-state index in [1.165, 1.54) is 11.8 Å². The van der Waals surface area contributed by atoms with E-state index in [1.807, 2.05) is 60.9 Å². The zero-order valence-corrected chi connectivity index (χ0v) is 19.0. The van der Waals surface area contributed by atoms with Crippen molar-refractivity contribution in [3.05, 3.63) is 70.5 Å². The van der Waals surface area contributed by atoms with Gasteiger partial charge in [-0.25, -0.2) is 0 Å². The highest BCUT2D eigenvalue weighted by Crippen LogP contribution is 2.21. The van der Waals surface area contributed by atoms with E-state index in [0.717, 1.165) is 10.2 Å². The lowest BCUT2D eigenvalue weighted by Crippen LogP contribution is -2.28. The van der Waals surface area contributed by atoms with Gasteiger partial charge in [-0.3, -0.25) is 9.59 Å². The van der Waals surface area contributed by atoms with Crippen LogP contribution in [0, 0.1) is 0 Å². The van der Waals surface area contributed by atoms with Crippen LogP contribution in [-0.4, -0.2) is 32.3 Å². The Hall–Kier alpha value is -2.65. The molecule has 1 atom stereocenters. The van der Waals surface area contributed by atoms with Crippen LogP contribution < -0.4 is 10.6 Å². The normalized spacial score (nSPS) is 11.7. The molecule has 30 heavy (non-hydrogen) atoms. The van der Waals surface area contributed by atoms with Crippen molar-refractivity contribution in [2.24, 2.45) is 0 Å². The Kier molecular flexibility index (Phi) is 7.64. The number of halogens is 1. The monoisotopic (exact) mass is 487 g/mol. The fourth-order valence-electron chi connectivity index (χ4n) is 2.82. The molecule has 3 aromatic rings. The number of nitrogens with one attached hydrogen (secondary N) is 2. The number of hydrogen-bond donors (Lipinski definition) is 2. The topological polar surface area (TPSA) is 88.9 Å². The van der Waals surface area contributed by atoms with Crippen LogP contribution >= 0.6 is 27.7 Å². The van der Waals surface area contributed by atoms with E-state index in [1.54, 1.807) is 12.1 Å². The van der Waals surface area contributed by atoms with Crippen LogP contribution in [0.3, 0.4) is 0 Å². The largest absolute Gasteiger partial charge is 0.342 e. The molecular formula is C21H22BrN5O2S. The van der Waals surface area contributed by atoms with Crippen LogP contribution in [0.15, 0.2) is 64.2 Å². The van der Waals surface area contributed by atoms with E-state index in [0.29, 0.717) is 23.1 Å². The van der Waals surface area contributed by atoms with Crippen molar-refractivity contribution in [3.8, 4) is 0 Å². The van der Waals surface area contributed by atoms with Gasteiger partial charge >= 0.3 is 0 Å². The molecule has 0 radical (unpaired) electrons. The molecule has 9 heteroatoms. The quantitative estimate of drug-likeness (QED) is 0.462. The van der Waals surface area contributed by atoms with Gasteiger partial charge < -0.3 is 15.2 Å². The molecule has 0 fully saturated rings. The maximum Gasteiger partial charge on any atom is 0.251 e. The first-order valence-corrected chi connectivity index (χ1v) is 11.2. The Labute approximate surface area is 187 Å². The molecule has 7 nitrogen and oxygen atoms in total. The molecule has 0 bridgehead atoms. The number of thioether (sulfide) groups is 1. The minimum absolute atomic E-state index is 0.125. The smallest absolute Gasteiger partial charge is 0.251 e. The van der Waals surface area contributed by atoms with Crippen molar-refractivity contribution < 1.29 is 9.59 Å². The molecule has 3 rings (SSSR count). The minimum Gasteiger partial charge on any atom is -0.342 e. The summed E-state index contributed by atoms with van der Waals surface area (Å²) in [6.07, 6.45) is 0. The predicted octanol–water partition coefficient (Wildman–Crippen LogP) is 4.28. The van der Waals surface area contributed by atoms with Gasteiger partial charge in [-0.05, 0) is 50.2 Å². The van der Waals surface area contributed by atoms with Crippen molar-refractivity contribution >= 4 is 45.2 Å². The lowest BCUT2D eigenvalue weighted by atomic mass is 10.2. The molecule has 2 aromatic carbocycles. The van der Waals surface area contributed by atoms with Crippen molar-refractivity contribution in [1.82, 2.24) is 20.1 Å². The highest BCUT2D eigenvalue weighted by Gasteiger charge is 2.20. The van der Waals surface area contributed by atoms with Gasteiger partial charge in [0.1, 0.15) is 0 Å². The summed E-state index contributed by atoms with van der Waals surface area (Å²) >= 11 is 4.68. The molecule has 0 aliphatic heterocycles. The molecular weight excluding hydrogens is 466 g/mol. The van der Waals surface area contributed by atoms with Gasteiger partial charge in [0.05, 0.1) is 11.8 Å². The molecule has 1 aromatic heterocycles. The minimum atomic E-state index is -0.323. The fourth-order valence-corrected chi connectivity index (χ4v) is 3.89. The number of benzene rings is 2. The molecule has 2 amide bonds.